The predicted molar refractivity (Wildman–Crippen MR) is 77.6 cm³/mol. The third kappa shape index (κ3) is 3.42. The Bertz CT molecular complexity index is 460. The molecule has 1 aliphatic rings. The van der Waals surface area contributed by atoms with E-state index >= 15 is 0 Å². The van der Waals surface area contributed by atoms with Crippen molar-refractivity contribution in [1.29, 1.82) is 0 Å². The van der Waals surface area contributed by atoms with Crippen molar-refractivity contribution in [2.75, 3.05) is 18.6 Å². The fourth-order valence-corrected chi connectivity index (χ4v) is 3.75. The number of ether oxygens (including phenoxy) is 1. The maximum Gasteiger partial charge on any atom is 0.306 e. The zero-order valence-corrected chi connectivity index (χ0v) is 12.6. The molecule has 0 amide bonds. The summed E-state index contributed by atoms with van der Waals surface area (Å²) in [6, 6.07) is 5.81. The topological polar surface area (TPSA) is 52.3 Å². The lowest BCUT2D eigenvalue weighted by Gasteiger charge is -2.13. The molecule has 0 bridgehead atoms. The number of thioether (sulfide) groups is 1. The lowest BCUT2D eigenvalue weighted by atomic mass is 10.1. The van der Waals surface area contributed by atoms with Gasteiger partial charge in [0.15, 0.2) is 0 Å². The molecule has 0 aromatic heterocycles. The van der Waals surface area contributed by atoms with Crippen molar-refractivity contribution in [3.8, 4) is 0 Å². The Kier molecular flexibility index (Phi) is 4.22. The molecule has 1 saturated carbocycles. The summed E-state index contributed by atoms with van der Waals surface area (Å²) in [5.41, 5.74) is 6.61. The highest BCUT2D eigenvalue weighted by atomic mass is 79.9. The molecule has 98 valence electrons. The zero-order valence-electron chi connectivity index (χ0n) is 10.2. The molecule has 0 saturated heterocycles. The Morgan fingerprint density at radius 2 is 2.28 bits per heavy atom. The number of hydrogen-bond donors (Lipinski definition) is 1. The van der Waals surface area contributed by atoms with E-state index in [1.807, 2.05) is 18.2 Å². The van der Waals surface area contributed by atoms with Gasteiger partial charge in [0.2, 0.25) is 0 Å². The molecule has 5 heteroatoms. The summed E-state index contributed by atoms with van der Waals surface area (Å²) >= 11 is 5.27. The lowest BCUT2D eigenvalue weighted by molar-refractivity contribution is -0.141. The Balaban J connectivity index is 1.93. The number of nitrogens with two attached hydrogens (primary N) is 1. The number of halogens is 1. The molecule has 2 N–H and O–H groups in total. The first-order valence-electron chi connectivity index (χ1n) is 5.79. The first-order valence-corrected chi connectivity index (χ1v) is 7.57. The first kappa shape index (κ1) is 13.7. The van der Waals surface area contributed by atoms with Gasteiger partial charge in [-0.2, -0.15) is 0 Å². The Morgan fingerprint density at radius 1 is 1.56 bits per heavy atom. The number of carbonyl (C=O) groups excluding carboxylic acids is 1. The SMILES string of the molecule is COC(=O)CC1(CSc2ccc(N)cc2Br)CC1. The van der Waals surface area contributed by atoms with E-state index in [0.717, 1.165) is 28.8 Å². The largest absolute Gasteiger partial charge is 0.469 e. The molecule has 1 fully saturated rings. The minimum Gasteiger partial charge on any atom is -0.469 e. The van der Waals surface area contributed by atoms with Crippen molar-refractivity contribution in [2.45, 2.75) is 24.2 Å². The van der Waals surface area contributed by atoms with Crippen molar-refractivity contribution in [2.24, 2.45) is 5.41 Å². The van der Waals surface area contributed by atoms with Gasteiger partial charge in [0.05, 0.1) is 13.5 Å². The van der Waals surface area contributed by atoms with Gasteiger partial charge in [0, 0.05) is 20.8 Å². The highest BCUT2D eigenvalue weighted by Crippen LogP contribution is 2.52. The van der Waals surface area contributed by atoms with E-state index in [4.69, 9.17) is 10.5 Å². The van der Waals surface area contributed by atoms with E-state index in [0.29, 0.717) is 6.42 Å². The van der Waals surface area contributed by atoms with Gasteiger partial charge in [0.25, 0.3) is 0 Å². The van der Waals surface area contributed by atoms with Crippen LogP contribution in [0.1, 0.15) is 19.3 Å². The maximum atomic E-state index is 11.3. The van der Waals surface area contributed by atoms with E-state index in [1.54, 1.807) is 11.8 Å². The predicted octanol–water partition coefficient (Wildman–Crippen LogP) is 3.47. The second-order valence-corrected chi connectivity index (χ2v) is 6.60. The number of hydrogen-bond acceptors (Lipinski definition) is 4. The third-order valence-electron chi connectivity index (χ3n) is 3.19. The second kappa shape index (κ2) is 5.53. The summed E-state index contributed by atoms with van der Waals surface area (Å²) in [7, 11) is 1.45. The summed E-state index contributed by atoms with van der Waals surface area (Å²) < 4.78 is 5.76. The maximum absolute atomic E-state index is 11.3. The van der Waals surface area contributed by atoms with Crippen LogP contribution in [0.3, 0.4) is 0 Å². The fourth-order valence-electron chi connectivity index (χ4n) is 1.79. The number of carbonyl (C=O) groups is 1. The van der Waals surface area contributed by atoms with Crippen molar-refractivity contribution >= 4 is 39.3 Å². The molecular formula is C13H16BrNO2S. The fraction of sp³-hybridized carbons (Fsp3) is 0.462. The van der Waals surface area contributed by atoms with E-state index in [-0.39, 0.29) is 11.4 Å². The summed E-state index contributed by atoms with van der Waals surface area (Å²) in [5.74, 6) is 0.842. The van der Waals surface area contributed by atoms with Crippen molar-refractivity contribution in [1.82, 2.24) is 0 Å². The molecule has 18 heavy (non-hydrogen) atoms. The van der Waals surface area contributed by atoms with Crippen LogP contribution in [0, 0.1) is 5.41 Å². The zero-order chi connectivity index (χ0) is 13.2. The molecule has 1 aromatic rings. The highest BCUT2D eigenvalue weighted by molar-refractivity contribution is 9.10. The molecular weight excluding hydrogens is 314 g/mol. The van der Waals surface area contributed by atoms with Gasteiger partial charge in [-0.1, -0.05) is 0 Å². The molecule has 0 unspecified atom stereocenters. The lowest BCUT2D eigenvalue weighted by Crippen LogP contribution is -2.13. The van der Waals surface area contributed by atoms with Crippen molar-refractivity contribution in [3.63, 3.8) is 0 Å². The van der Waals surface area contributed by atoms with E-state index in [1.165, 1.54) is 12.0 Å². The molecule has 0 aliphatic heterocycles. The van der Waals surface area contributed by atoms with Crippen LogP contribution in [0.25, 0.3) is 0 Å². The van der Waals surface area contributed by atoms with Gasteiger partial charge in [0.1, 0.15) is 0 Å². The minimum atomic E-state index is -0.107. The van der Waals surface area contributed by atoms with Crippen LogP contribution in [-0.4, -0.2) is 18.8 Å². The number of nitrogen functional groups attached to an aromatic ring is 1. The molecule has 1 aromatic carbocycles. The van der Waals surface area contributed by atoms with E-state index in [2.05, 4.69) is 15.9 Å². The third-order valence-corrected chi connectivity index (χ3v) is 5.54. The van der Waals surface area contributed by atoms with Gasteiger partial charge in [-0.3, -0.25) is 4.79 Å². The number of esters is 1. The van der Waals surface area contributed by atoms with Gasteiger partial charge in [-0.25, -0.2) is 0 Å². The Morgan fingerprint density at radius 3 is 2.83 bits per heavy atom. The van der Waals surface area contributed by atoms with Crippen LogP contribution in [-0.2, 0) is 9.53 Å². The number of rotatable bonds is 5. The number of benzene rings is 1. The van der Waals surface area contributed by atoms with E-state index < -0.39 is 0 Å². The van der Waals surface area contributed by atoms with Crippen LogP contribution < -0.4 is 5.73 Å². The monoisotopic (exact) mass is 329 g/mol. The molecule has 0 radical (unpaired) electrons. The minimum absolute atomic E-state index is 0.107. The van der Waals surface area contributed by atoms with Crippen LogP contribution in [0.2, 0.25) is 0 Å². The van der Waals surface area contributed by atoms with Crippen LogP contribution >= 0.6 is 27.7 Å². The second-order valence-electron chi connectivity index (χ2n) is 4.73. The van der Waals surface area contributed by atoms with Crippen LogP contribution in [0.5, 0.6) is 0 Å². The summed E-state index contributed by atoms with van der Waals surface area (Å²) in [6.45, 7) is 0. The van der Waals surface area contributed by atoms with Gasteiger partial charge in [-0.15, -0.1) is 11.8 Å². The molecule has 0 atom stereocenters. The van der Waals surface area contributed by atoms with Gasteiger partial charge in [-0.05, 0) is 52.4 Å². The number of methoxy groups -OCH3 is 1. The standard InChI is InChI=1S/C13H16BrNO2S/c1-17-12(16)7-13(4-5-13)8-18-11-3-2-9(15)6-10(11)14/h2-3,6H,4-5,7-8,15H2,1H3. The smallest absolute Gasteiger partial charge is 0.306 e. The summed E-state index contributed by atoms with van der Waals surface area (Å²) in [5, 5.41) is 0. The summed E-state index contributed by atoms with van der Waals surface area (Å²) in [4.78, 5) is 12.5. The molecule has 2 rings (SSSR count). The van der Waals surface area contributed by atoms with Gasteiger partial charge >= 0.3 is 5.97 Å². The van der Waals surface area contributed by atoms with Crippen LogP contribution in [0.15, 0.2) is 27.6 Å². The molecule has 3 nitrogen and oxygen atoms in total. The van der Waals surface area contributed by atoms with Crippen molar-refractivity contribution in [3.05, 3.63) is 22.7 Å². The highest BCUT2D eigenvalue weighted by Gasteiger charge is 2.44. The molecule has 1 aliphatic carbocycles. The Hall–Kier alpha value is -0.680. The Labute approximate surface area is 120 Å². The van der Waals surface area contributed by atoms with Crippen LogP contribution in [0.4, 0.5) is 5.69 Å². The average molecular weight is 330 g/mol. The van der Waals surface area contributed by atoms with Gasteiger partial charge < -0.3 is 10.5 Å². The number of anilines is 1. The molecule has 0 spiro atoms. The van der Waals surface area contributed by atoms with Crippen molar-refractivity contribution < 1.29 is 9.53 Å². The molecule has 0 heterocycles. The normalized spacial score (nSPS) is 16.3. The summed E-state index contributed by atoms with van der Waals surface area (Å²) in [6.07, 6.45) is 2.76. The van der Waals surface area contributed by atoms with E-state index in [9.17, 15) is 4.79 Å². The first-order chi connectivity index (χ1) is 8.54. The quantitative estimate of drug-likeness (QED) is 0.510. The average Bonchev–Trinajstić information content (AvgIpc) is 3.08.